The fourth-order valence-electron chi connectivity index (χ4n) is 6.49. The predicted molar refractivity (Wildman–Crippen MR) is 187 cm³/mol. The number of fused-ring (bicyclic) bond motifs is 1. The molecular formula is C39H48N2O3S. The molecule has 1 aromatic heterocycles. The van der Waals surface area contributed by atoms with Gasteiger partial charge in [-0.3, -0.25) is 4.79 Å². The van der Waals surface area contributed by atoms with E-state index in [1.54, 1.807) is 12.1 Å². The molecule has 0 bridgehead atoms. The number of sulfone groups is 1. The van der Waals surface area contributed by atoms with Crippen LogP contribution >= 0.6 is 0 Å². The van der Waals surface area contributed by atoms with E-state index in [0.717, 1.165) is 52.7 Å². The Morgan fingerprint density at radius 2 is 1.71 bits per heavy atom. The van der Waals surface area contributed by atoms with Crippen molar-refractivity contribution >= 4 is 26.5 Å². The molecule has 1 fully saturated rings. The summed E-state index contributed by atoms with van der Waals surface area (Å²) in [6, 6.07) is 24.1. The summed E-state index contributed by atoms with van der Waals surface area (Å²) in [6.07, 6.45) is 6.53. The van der Waals surface area contributed by atoms with Crippen molar-refractivity contribution in [2.75, 3.05) is 18.8 Å². The van der Waals surface area contributed by atoms with Gasteiger partial charge in [0.25, 0.3) is 0 Å². The lowest BCUT2D eigenvalue weighted by Crippen LogP contribution is -2.38. The van der Waals surface area contributed by atoms with Crippen molar-refractivity contribution in [1.29, 1.82) is 0 Å². The van der Waals surface area contributed by atoms with E-state index in [1.165, 1.54) is 19.3 Å². The Morgan fingerprint density at radius 3 is 2.40 bits per heavy atom. The van der Waals surface area contributed by atoms with Gasteiger partial charge in [0, 0.05) is 22.5 Å². The topological polar surface area (TPSA) is 70.2 Å². The van der Waals surface area contributed by atoms with Crippen LogP contribution in [0.4, 0.5) is 0 Å². The molecule has 0 radical (unpaired) electrons. The van der Waals surface area contributed by atoms with Gasteiger partial charge in [0.1, 0.15) is 0 Å². The molecular weight excluding hydrogens is 577 g/mol. The number of aryl methyl sites for hydroxylation is 1. The number of nitrogens with zero attached hydrogens (tertiary/aromatic N) is 1. The molecule has 1 unspecified atom stereocenters. The van der Waals surface area contributed by atoms with Crippen LogP contribution in [0.2, 0.25) is 0 Å². The van der Waals surface area contributed by atoms with Crippen molar-refractivity contribution in [2.24, 2.45) is 0 Å². The fourth-order valence-corrected chi connectivity index (χ4v) is 7.80. The van der Waals surface area contributed by atoms with Crippen molar-refractivity contribution in [3.8, 4) is 11.1 Å². The number of H-pyrrole nitrogens is 1. The molecule has 6 heteroatoms. The van der Waals surface area contributed by atoms with Crippen molar-refractivity contribution in [3.05, 3.63) is 102 Å². The monoisotopic (exact) mass is 624 g/mol. The minimum atomic E-state index is -3.38. The first-order valence-corrected chi connectivity index (χ1v) is 18.1. The third-order valence-corrected chi connectivity index (χ3v) is 11.1. The number of aromatic amines is 1. The molecule has 0 saturated carbocycles. The molecule has 1 atom stereocenters. The highest BCUT2D eigenvalue weighted by Gasteiger charge is 2.23. The summed E-state index contributed by atoms with van der Waals surface area (Å²) in [5.74, 6) is 0.0418. The van der Waals surface area contributed by atoms with Crippen LogP contribution in [0, 0.1) is 0 Å². The number of piperidine rings is 1. The van der Waals surface area contributed by atoms with Crippen LogP contribution in [-0.2, 0) is 21.7 Å². The van der Waals surface area contributed by atoms with Gasteiger partial charge in [-0.1, -0.05) is 82.3 Å². The molecule has 1 aliphatic rings. The molecule has 45 heavy (non-hydrogen) atoms. The number of benzene rings is 3. The van der Waals surface area contributed by atoms with E-state index in [4.69, 9.17) is 0 Å². The Hall–Kier alpha value is -3.48. The minimum Gasteiger partial charge on any atom is -0.351 e. The summed E-state index contributed by atoms with van der Waals surface area (Å²) in [5.41, 5.74) is 6.09. The number of Topliss-reactive ketones (excluding diaryl/α,β-unsaturated/α-hetero) is 1. The normalized spacial score (nSPS) is 16.2. The third-order valence-electron chi connectivity index (χ3n) is 9.30. The molecule has 5 nitrogen and oxygen atoms in total. The maximum atomic E-state index is 13.8. The van der Waals surface area contributed by atoms with Crippen LogP contribution < -0.4 is 0 Å². The Labute approximate surface area is 269 Å². The van der Waals surface area contributed by atoms with Gasteiger partial charge in [-0.15, -0.1) is 0 Å². The van der Waals surface area contributed by atoms with Crippen molar-refractivity contribution in [2.45, 2.75) is 89.0 Å². The SMILES string of the molecule is C=C(CCCN1CCCCC1C)C(=O)c1[nH]c2ccc(CCCS(=O)(=O)c3ccc(C(C)(C)C)cc3)cc2c1-c1ccccc1. The Kier molecular flexibility index (Phi) is 10.1. The summed E-state index contributed by atoms with van der Waals surface area (Å²) < 4.78 is 26.2. The maximum absolute atomic E-state index is 13.8. The van der Waals surface area contributed by atoms with Crippen LogP contribution in [0.25, 0.3) is 22.0 Å². The van der Waals surface area contributed by atoms with Gasteiger partial charge < -0.3 is 9.88 Å². The van der Waals surface area contributed by atoms with E-state index >= 15 is 0 Å². The van der Waals surface area contributed by atoms with Crippen LogP contribution in [0.5, 0.6) is 0 Å². The van der Waals surface area contributed by atoms with Gasteiger partial charge >= 0.3 is 0 Å². The molecule has 1 aliphatic heterocycles. The summed E-state index contributed by atoms with van der Waals surface area (Å²) in [7, 11) is -3.38. The predicted octanol–water partition coefficient (Wildman–Crippen LogP) is 8.93. The number of hydrogen-bond donors (Lipinski definition) is 1. The molecule has 4 aromatic rings. The lowest BCUT2D eigenvalue weighted by Gasteiger charge is -2.33. The van der Waals surface area contributed by atoms with Crippen molar-refractivity contribution < 1.29 is 13.2 Å². The molecule has 0 aliphatic carbocycles. The maximum Gasteiger partial charge on any atom is 0.205 e. The molecule has 2 heterocycles. The number of hydrogen-bond acceptors (Lipinski definition) is 4. The Bertz CT molecular complexity index is 1750. The molecule has 0 spiro atoms. The number of carbonyl (C=O) groups excluding carboxylic acids is 1. The smallest absolute Gasteiger partial charge is 0.205 e. The highest BCUT2D eigenvalue weighted by Crippen LogP contribution is 2.35. The van der Waals surface area contributed by atoms with Crippen LogP contribution in [0.3, 0.4) is 0 Å². The second-order valence-corrected chi connectivity index (χ2v) is 15.8. The van der Waals surface area contributed by atoms with Gasteiger partial charge in [-0.25, -0.2) is 8.42 Å². The Balaban J connectivity index is 1.31. The lowest BCUT2D eigenvalue weighted by atomic mass is 9.87. The molecule has 0 amide bonds. The number of likely N-dealkylation sites (tertiary alicyclic amines) is 1. The molecule has 5 rings (SSSR count). The number of ketones is 1. The minimum absolute atomic E-state index is 0.0266. The standard InChI is InChI=1S/C39H48N2O3S/c1-28(13-11-25-41-24-10-9-14-29(41)2)38(42)37-36(31-16-7-6-8-17-31)34-27-30(18-23-35(34)40-37)15-12-26-45(43,44)33-21-19-32(20-22-33)39(3,4)5/h6-8,16-23,27,29,40H,1,9-15,24-26H2,2-5H3. The average Bonchev–Trinajstić information content (AvgIpc) is 3.40. The van der Waals surface area contributed by atoms with E-state index in [1.807, 2.05) is 54.6 Å². The average molecular weight is 625 g/mol. The summed E-state index contributed by atoms with van der Waals surface area (Å²) in [6.45, 7) is 15.0. The van der Waals surface area contributed by atoms with Gasteiger partial charge in [-0.2, -0.15) is 0 Å². The molecule has 3 aromatic carbocycles. The Morgan fingerprint density at radius 1 is 0.978 bits per heavy atom. The van der Waals surface area contributed by atoms with E-state index in [9.17, 15) is 13.2 Å². The number of allylic oxidation sites excluding steroid dienone is 1. The first-order chi connectivity index (χ1) is 21.4. The van der Waals surface area contributed by atoms with Crippen LogP contribution in [0.1, 0.15) is 87.8 Å². The van der Waals surface area contributed by atoms with Gasteiger partial charge in [-0.05, 0) is 110 Å². The van der Waals surface area contributed by atoms with E-state index in [2.05, 4.69) is 50.2 Å². The van der Waals surface area contributed by atoms with Gasteiger partial charge in [0.05, 0.1) is 16.3 Å². The fraction of sp³-hybridized carbons (Fsp3) is 0.410. The van der Waals surface area contributed by atoms with Crippen molar-refractivity contribution in [1.82, 2.24) is 9.88 Å². The summed E-state index contributed by atoms with van der Waals surface area (Å²) >= 11 is 0. The number of nitrogens with one attached hydrogen (secondary N) is 1. The van der Waals surface area contributed by atoms with E-state index < -0.39 is 9.84 Å². The largest absolute Gasteiger partial charge is 0.351 e. The molecule has 238 valence electrons. The zero-order valence-electron chi connectivity index (χ0n) is 27.4. The zero-order chi connectivity index (χ0) is 32.2. The lowest BCUT2D eigenvalue weighted by molar-refractivity contribution is 0.102. The number of rotatable bonds is 12. The second kappa shape index (κ2) is 13.9. The first-order valence-electron chi connectivity index (χ1n) is 16.4. The van der Waals surface area contributed by atoms with E-state index in [0.29, 0.717) is 41.5 Å². The summed E-state index contributed by atoms with van der Waals surface area (Å²) in [5, 5.41) is 0.970. The van der Waals surface area contributed by atoms with Gasteiger partial charge in [0.15, 0.2) is 9.84 Å². The summed E-state index contributed by atoms with van der Waals surface area (Å²) in [4.78, 5) is 20.1. The third kappa shape index (κ3) is 7.85. The number of carbonyl (C=O) groups is 1. The first kappa shape index (κ1) is 32.9. The molecule has 1 saturated heterocycles. The quantitative estimate of drug-likeness (QED) is 0.126. The molecule has 1 N–H and O–H groups in total. The second-order valence-electron chi connectivity index (χ2n) is 13.7. The number of aromatic nitrogens is 1. The zero-order valence-corrected chi connectivity index (χ0v) is 28.2. The van der Waals surface area contributed by atoms with Gasteiger partial charge in [0.2, 0.25) is 5.78 Å². The van der Waals surface area contributed by atoms with Crippen LogP contribution in [-0.4, -0.2) is 49.0 Å². The van der Waals surface area contributed by atoms with Crippen molar-refractivity contribution in [3.63, 3.8) is 0 Å². The van der Waals surface area contributed by atoms with Crippen LogP contribution in [0.15, 0.2) is 89.8 Å². The highest BCUT2D eigenvalue weighted by molar-refractivity contribution is 7.91. The highest BCUT2D eigenvalue weighted by atomic mass is 32.2. The van der Waals surface area contributed by atoms with E-state index in [-0.39, 0.29) is 17.0 Å².